The summed E-state index contributed by atoms with van der Waals surface area (Å²) in [6.07, 6.45) is 5.51. The molecule has 13 heteroatoms. The molecule has 294 valence electrons. The molecule has 0 amide bonds. The van der Waals surface area contributed by atoms with Gasteiger partial charge in [-0.25, -0.2) is 0 Å². The number of ketones is 2. The molecule has 12 N–H and O–H groups in total. The Bertz CT molecular complexity index is 1910. The lowest BCUT2D eigenvalue weighted by Gasteiger charge is -2.24. The molecule has 0 aliphatic heterocycles. The van der Waals surface area contributed by atoms with Crippen molar-refractivity contribution in [2.24, 2.45) is 5.73 Å². The highest BCUT2D eigenvalue weighted by atomic mass is 16.3. The summed E-state index contributed by atoms with van der Waals surface area (Å²) in [5, 5.41) is 76.5. The van der Waals surface area contributed by atoms with E-state index in [1.165, 1.54) is 12.1 Å². The predicted octanol–water partition coefficient (Wildman–Crippen LogP) is 4.95. The molecular weight excluding hydrogens is 704 g/mol. The number of phenolic OH excluding ortho intramolecular Hbond substituents is 4. The highest BCUT2D eigenvalue weighted by molar-refractivity contribution is 6.32. The van der Waals surface area contributed by atoms with Gasteiger partial charge in [-0.15, -0.1) is 0 Å². The van der Waals surface area contributed by atoms with Crippen LogP contribution in [0, 0.1) is 0 Å². The van der Waals surface area contributed by atoms with E-state index >= 15 is 0 Å². The molecule has 5 aromatic rings. The van der Waals surface area contributed by atoms with Crippen LogP contribution in [-0.4, -0.2) is 99.9 Å². The van der Waals surface area contributed by atoms with Gasteiger partial charge >= 0.3 is 0 Å². The fourth-order valence-electron chi connectivity index (χ4n) is 6.30. The van der Waals surface area contributed by atoms with Gasteiger partial charge in [0.05, 0.1) is 28.5 Å². The molecule has 1 aliphatic carbocycles. The number of aromatic hydroxyl groups is 4. The van der Waals surface area contributed by atoms with E-state index in [9.17, 15) is 30.0 Å². The van der Waals surface area contributed by atoms with Crippen molar-refractivity contribution in [3.05, 3.63) is 95.1 Å². The smallest absolute Gasteiger partial charge is 0.196 e. The van der Waals surface area contributed by atoms with Crippen LogP contribution in [0.5, 0.6) is 23.0 Å². The van der Waals surface area contributed by atoms with E-state index in [-0.39, 0.29) is 58.6 Å². The zero-order valence-electron chi connectivity index (χ0n) is 30.9. The molecule has 55 heavy (non-hydrogen) atoms. The van der Waals surface area contributed by atoms with E-state index in [2.05, 4.69) is 16.0 Å². The Morgan fingerprint density at radius 3 is 1.44 bits per heavy atom. The maximum atomic E-state index is 13.3. The van der Waals surface area contributed by atoms with Crippen molar-refractivity contribution in [2.45, 2.75) is 38.5 Å². The van der Waals surface area contributed by atoms with Gasteiger partial charge in [-0.05, 0) is 69.3 Å². The molecule has 0 aromatic heterocycles. The van der Waals surface area contributed by atoms with Crippen LogP contribution >= 0.6 is 0 Å². The van der Waals surface area contributed by atoms with E-state index in [0.29, 0.717) is 77.2 Å². The predicted molar refractivity (Wildman–Crippen MR) is 216 cm³/mol. The standard InChI is InChI=1S/C23H29N3O4.C14H10O4.C5H13NO/c27-14-5-1-4-10-25-18-8-9-19(26-12-11-24-13-15-28)21-20(18)22(29)16-6-2-3-7-17(16)23(21)30;15-9-5-6-10(16)12-11(9)13(17)7-3-1-2-4-8(7)14(12)18;6-4-2-1-3-5-7/h2-3,6-9,24-28H,1,4-5,10-15H2;1-6,15-18H;7H,1-6H2. The number of fused-ring (bicyclic) bond motifs is 4. The van der Waals surface area contributed by atoms with Gasteiger partial charge in [0.25, 0.3) is 0 Å². The summed E-state index contributed by atoms with van der Waals surface area (Å²) >= 11 is 0. The number of carbonyl (C=O) groups excluding carboxylic acids is 2. The van der Waals surface area contributed by atoms with Gasteiger partial charge in [0.1, 0.15) is 23.0 Å². The van der Waals surface area contributed by atoms with Crippen LogP contribution in [0.2, 0.25) is 0 Å². The average molecular weight is 757 g/mol. The van der Waals surface area contributed by atoms with Gasteiger partial charge < -0.3 is 57.4 Å². The second-order valence-electron chi connectivity index (χ2n) is 12.9. The summed E-state index contributed by atoms with van der Waals surface area (Å²) in [4.78, 5) is 26.6. The molecule has 0 unspecified atom stereocenters. The Hall–Kier alpha value is -5.44. The third-order valence-electron chi connectivity index (χ3n) is 9.07. The van der Waals surface area contributed by atoms with Crippen molar-refractivity contribution in [3.63, 3.8) is 0 Å². The number of aliphatic hydroxyl groups is 3. The van der Waals surface area contributed by atoms with Crippen LogP contribution in [0.3, 0.4) is 0 Å². The number of hydrogen-bond acceptors (Lipinski definition) is 13. The van der Waals surface area contributed by atoms with Crippen molar-refractivity contribution in [2.75, 3.05) is 63.2 Å². The molecule has 13 nitrogen and oxygen atoms in total. The minimum absolute atomic E-state index is 0.0474. The molecule has 0 saturated heterocycles. The number of nitrogens with one attached hydrogen (secondary N) is 3. The summed E-state index contributed by atoms with van der Waals surface area (Å²) in [6, 6.07) is 19.8. The van der Waals surface area contributed by atoms with Crippen LogP contribution in [-0.2, 0) is 0 Å². The van der Waals surface area contributed by atoms with Crippen LogP contribution in [0.4, 0.5) is 11.4 Å². The highest BCUT2D eigenvalue weighted by Crippen LogP contribution is 2.48. The van der Waals surface area contributed by atoms with Crippen LogP contribution < -0.4 is 21.7 Å². The van der Waals surface area contributed by atoms with Gasteiger partial charge in [-0.1, -0.05) is 48.5 Å². The normalized spacial score (nSPS) is 11.6. The molecule has 0 radical (unpaired) electrons. The summed E-state index contributed by atoms with van der Waals surface area (Å²) in [6.45, 7) is 3.64. The topological polar surface area (TPSA) is 238 Å². The van der Waals surface area contributed by atoms with E-state index in [0.717, 1.165) is 45.1 Å². The molecule has 0 atom stereocenters. The quantitative estimate of drug-likeness (QED) is 0.0357. The molecule has 6 rings (SSSR count). The maximum Gasteiger partial charge on any atom is 0.196 e. The molecule has 0 saturated carbocycles. The van der Waals surface area contributed by atoms with Crippen molar-refractivity contribution in [1.29, 1.82) is 0 Å². The molecule has 0 spiro atoms. The first kappa shape index (κ1) is 42.3. The number of rotatable bonds is 16. The number of aliphatic hydroxyl groups excluding tert-OH is 3. The number of carbonyl (C=O) groups is 2. The van der Waals surface area contributed by atoms with Gasteiger partial charge in [-0.2, -0.15) is 0 Å². The summed E-state index contributed by atoms with van der Waals surface area (Å²) < 4.78 is 0. The van der Waals surface area contributed by atoms with Crippen LogP contribution in [0.1, 0.15) is 70.4 Å². The number of unbranched alkanes of at least 4 members (excludes halogenated alkanes) is 4. The monoisotopic (exact) mass is 756 g/mol. The number of benzene rings is 5. The largest absolute Gasteiger partial charge is 0.507 e. The SMILES string of the molecule is NCCCCCO.O=C1c2ccccc2C(=O)c2c(NCCNCCO)ccc(NCCCCCO)c21.Oc1ccc(O)c2c(O)c3ccccc3c(O)c12. The molecule has 0 bridgehead atoms. The molecular formula is C42H52N4O9. The number of phenols is 4. The summed E-state index contributed by atoms with van der Waals surface area (Å²) in [5.74, 6) is -1.02. The van der Waals surface area contributed by atoms with E-state index in [1.807, 2.05) is 12.1 Å². The lowest BCUT2D eigenvalue weighted by molar-refractivity contribution is 0.0980. The van der Waals surface area contributed by atoms with E-state index < -0.39 is 0 Å². The Morgan fingerprint density at radius 1 is 0.491 bits per heavy atom. The maximum absolute atomic E-state index is 13.3. The van der Waals surface area contributed by atoms with Crippen molar-refractivity contribution in [1.82, 2.24) is 5.32 Å². The first-order valence-electron chi connectivity index (χ1n) is 18.5. The Labute approximate surface area is 320 Å². The summed E-state index contributed by atoms with van der Waals surface area (Å²) in [5.41, 5.74) is 8.15. The molecule has 1 aliphatic rings. The summed E-state index contributed by atoms with van der Waals surface area (Å²) in [7, 11) is 0. The zero-order chi connectivity index (χ0) is 39.7. The third-order valence-corrected chi connectivity index (χ3v) is 9.07. The van der Waals surface area contributed by atoms with Crippen molar-refractivity contribution < 1.29 is 45.3 Å². The minimum Gasteiger partial charge on any atom is -0.507 e. The highest BCUT2D eigenvalue weighted by Gasteiger charge is 2.33. The van der Waals surface area contributed by atoms with Gasteiger partial charge in [0.15, 0.2) is 11.6 Å². The number of anilines is 2. The van der Waals surface area contributed by atoms with Gasteiger partial charge in [-0.3, -0.25) is 9.59 Å². The number of hydrogen-bond donors (Lipinski definition) is 11. The van der Waals surface area contributed by atoms with E-state index in [1.54, 1.807) is 48.5 Å². The molecule has 0 fully saturated rings. The van der Waals surface area contributed by atoms with Crippen molar-refractivity contribution in [3.8, 4) is 23.0 Å². The fraction of sp³-hybridized carbons (Fsp3) is 0.333. The Balaban J connectivity index is 0.000000226. The van der Waals surface area contributed by atoms with E-state index in [4.69, 9.17) is 21.1 Å². The zero-order valence-corrected chi connectivity index (χ0v) is 30.9. The lowest BCUT2D eigenvalue weighted by atomic mass is 9.82. The minimum atomic E-state index is -0.193. The molecule has 0 heterocycles. The van der Waals surface area contributed by atoms with Crippen LogP contribution in [0.25, 0.3) is 21.5 Å². The second kappa shape index (κ2) is 21.4. The second-order valence-corrected chi connectivity index (χ2v) is 12.9. The third kappa shape index (κ3) is 10.4. The van der Waals surface area contributed by atoms with Crippen molar-refractivity contribution >= 4 is 44.5 Å². The molecule has 5 aromatic carbocycles. The Morgan fingerprint density at radius 2 is 0.964 bits per heavy atom. The van der Waals surface area contributed by atoms with Crippen LogP contribution in [0.15, 0.2) is 72.8 Å². The average Bonchev–Trinajstić information content (AvgIpc) is 3.20. The van der Waals surface area contributed by atoms with Gasteiger partial charge in [0.2, 0.25) is 0 Å². The fourth-order valence-corrected chi connectivity index (χ4v) is 6.30. The Kier molecular flexibility index (Phi) is 16.5. The first-order valence-corrected chi connectivity index (χ1v) is 18.5. The lowest BCUT2D eigenvalue weighted by Crippen LogP contribution is -2.27. The number of nitrogens with two attached hydrogens (primary N) is 1. The first-order chi connectivity index (χ1) is 26.7. The van der Waals surface area contributed by atoms with Gasteiger partial charge in [0, 0.05) is 72.7 Å².